The molecule has 0 saturated carbocycles. The van der Waals surface area contributed by atoms with Gasteiger partial charge in [-0.3, -0.25) is 4.79 Å². The second-order valence-corrected chi connectivity index (χ2v) is 8.02. The molecular formula is C19H22FN3O2S. The summed E-state index contributed by atoms with van der Waals surface area (Å²) in [7, 11) is 0. The summed E-state index contributed by atoms with van der Waals surface area (Å²) in [5, 5.41) is 10.6. The first-order valence-corrected chi connectivity index (χ1v) is 9.92. The number of amides is 1. The number of benzene rings is 1. The van der Waals surface area contributed by atoms with Gasteiger partial charge in [-0.1, -0.05) is 0 Å². The summed E-state index contributed by atoms with van der Waals surface area (Å²) in [6.07, 6.45) is 6.29. The lowest BCUT2D eigenvalue weighted by Crippen LogP contribution is -2.41. The van der Waals surface area contributed by atoms with Crippen LogP contribution in [0, 0.1) is 5.82 Å². The van der Waals surface area contributed by atoms with Crippen molar-refractivity contribution >= 4 is 28.9 Å². The van der Waals surface area contributed by atoms with Gasteiger partial charge in [0.2, 0.25) is 0 Å². The molecule has 0 bridgehead atoms. The van der Waals surface area contributed by atoms with Crippen molar-refractivity contribution in [3.05, 3.63) is 34.5 Å². The van der Waals surface area contributed by atoms with Crippen LogP contribution >= 0.6 is 11.8 Å². The van der Waals surface area contributed by atoms with Crippen molar-refractivity contribution < 1.29 is 14.3 Å². The van der Waals surface area contributed by atoms with E-state index in [-0.39, 0.29) is 11.7 Å². The number of phenols is 1. The van der Waals surface area contributed by atoms with Gasteiger partial charge >= 0.3 is 0 Å². The van der Waals surface area contributed by atoms with E-state index < -0.39 is 5.82 Å². The third kappa shape index (κ3) is 3.64. The zero-order valence-corrected chi connectivity index (χ0v) is 15.3. The lowest BCUT2D eigenvalue weighted by Gasteiger charge is -2.29. The lowest BCUT2D eigenvalue weighted by molar-refractivity contribution is -0.113. The standard InChI is InChI=1S/C19H22FN3O2S/c20-14-5-6-16(24)13(10-14)11-17-18(25)21-19(26-17)23-9-3-4-15(23)12-22-7-1-2-8-22/h5-6,10-11,15,24H,1-4,7-9,12H2/t15-/m0/s1. The molecule has 2 saturated heterocycles. The highest BCUT2D eigenvalue weighted by molar-refractivity contribution is 8.18. The average Bonchev–Trinajstić information content (AvgIpc) is 3.34. The molecule has 7 heteroatoms. The number of thioether (sulfide) groups is 1. The number of aromatic hydroxyl groups is 1. The van der Waals surface area contributed by atoms with E-state index in [0.29, 0.717) is 16.5 Å². The Bertz CT molecular complexity index is 774. The molecule has 1 N–H and O–H groups in total. The number of aliphatic imine (C=N–C) groups is 1. The zero-order chi connectivity index (χ0) is 18.1. The fraction of sp³-hybridized carbons (Fsp3) is 0.474. The second kappa shape index (κ2) is 7.40. The highest BCUT2D eigenvalue weighted by Crippen LogP contribution is 2.35. The Morgan fingerprint density at radius 3 is 2.88 bits per heavy atom. The number of carbonyl (C=O) groups excluding carboxylic acids is 1. The molecule has 4 rings (SSSR count). The minimum atomic E-state index is -0.448. The Morgan fingerprint density at radius 2 is 2.08 bits per heavy atom. The number of amidine groups is 1. The quantitative estimate of drug-likeness (QED) is 0.823. The highest BCUT2D eigenvalue weighted by Gasteiger charge is 2.34. The highest BCUT2D eigenvalue weighted by atomic mass is 32.2. The maximum Gasteiger partial charge on any atom is 0.286 e. The van der Waals surface area contributed by atoms with Crippen LogP contribution in [-0.4, -0.2) is 58.2 Å². The van der Waals surface area contributed by atoms with Crippen LogP contribution in [0.15, 0.2) is 28.1 Å². The summed E-state index contributed by atoms with van der Waals surface area (Å²) in [6.45, 7) is 4.26. The molecule has 0 spiro atoms. The van der Waals surface area contributed by atoms with Crippen molar-refractivity contribution in [1.82, 2.24) is 9.80 Å². The molecule has 1 atom stereocenters. The predicted molar refractivity (Wildman–Crippen MR) is 101 cm³/mol. The lowest BCUT2D eigenvalue weighted by atomic mass is 10.2. The van der Waals surface area contributed by atoms with Crippen molar-refractivity contribution in [2.45, 2.75) is 31.7 Å². The van der Waals surface area contributed by atoms with Gasteiger partial charge in [0.05, 0.1) is 4.91 Å². The zero-order valence-electron chi connectivity index (χ0n) is 14.5. The molecule has 3 aliphatic heterocycles. The average molecular weight is 375 g/mol. The SMILES string of the molecule is O=C1N=C(N2CCC[C@H]2CN2CCCC2)SC1=Cc1cc(F)ccc1O. The summed E-state index contributed by atoms with van der Waals surface area (Å²) in [5.41, 5.74) is 0.298. The molecule has 0 unspecified atom stereocenters. The first-order valence-electron chi connectivity index (χ1n) is 9.10. The molecule has 3 heterocycles. The monoisotopic (exact) mass is 375 g/mol. The second-order valence-electron chi connectivity index (χ2n) is 7.01. The van der Waals surface area contributed by atoms with E-state index in [1.807, 2.05) is 0 Å². The molecule has 0 radical (unpaired) electrons. The number of phenolic OH excluding ortho intramolecular Hbond substituents is 1. The van der Waals surface area contributed by atoms with Crippen LogP contribution in [0.1, 0.15) is 31.2 Å². The van der Waals surface area contributed by atoms with Crippen molar-refractivity contribution in [2.24, 2.45) is 4.99 Å². The molecule has 0 aromatic heterocycles. The fourth-order valence-electron chi connectivity index (χ4n) is 3.84. The van der Waals surface area contributed by atoms with Crippen LogP contribution in [-0.2, 0) is 4.79 Å². The number of halogens is 1. The van der Waals surface area contributed by atoms with Gasteiger partial charge in [0, 0.05) is 24.7 Å². The first-order chi connectivity index (χ1) is 12.6. The molecule has 3 aliphatic rings. The number of rotatable bonds is 3. The molecule has 138 valence electrons. The molecule has 1 aromatic rings. The Balaban J connectivity index is 1.48. The van der Waals surface area contributed by atoms with Gasteiger partial charge in [-0.25, -0.2) is 4.39 Å². The Kier molecular flexibility index (Phi) is 5.00. The number of carbonyl (C=O) groups is 1. The number of nitrogens with zero attached hydrogens (tertiary/aromatic N) is 3. The van der Waals surface area contributed by atoms with Crippen molar-refractivity contribution in [1.29, 1.82) is 0 Å². The maximum atomic E-state index is 13.4. The third-order valence-corrected chi connectivity index (χ3v) is 6.20. The molecular weight excluding hydrogens is 353 g/mol. The van der Waals surface area contributed by atoms with E-state index in [9.17, 15) is 14.3 Å². The normalized spacial score (nSPS) is 25.5. The molecule has 1 amide bonds. The first kappa shape index (κ1) is 17.5. The minimum Gasteiger partial charge on any atom is -0.507 e. The van der Waals surface area contributed by atoms with Gasteiger partial charge in [-0.15, -0.1) is 0 Å². The Labute approximate surface area is 156 Å². The smallest absolute Gasteiger partial charge is 0.286 e. The molecule has 1 aromatic carbocycles. The van der Waals surface area contributed by atoms with Crippen LogP contribution < -0.4 is 0 Å². The van der Waals surface area contributed by atoms with E-state index in [4.69, 9.17) is 0 Å². The fourth-order valence-corrected chi connectivity index (χ4v) is 4.85. The van der Waals surface area contributed by atoms with E-state index >= 15 is 0 Å². The van der Waals surface area contributed by atoms with Gasteiger partial charge in [-0.2, -0.15) is 4.99 Å². The Morgan fingerprint density at radius 1 is 1.27 bits per heavy atom. The third-order valence-electron chi connectivity index (χ3n) is 5.18. The number of likely N-dealkylation sites (tertiary alicyclic amines) is 2. The van der Waals surface area contributed by atoms with Crippen molar-refractivity contribution in [3.63, 3.8) is 0 Å². The summed E-state index contributed by atoms with van der Waals surface area (Å²) in [6, 6.07) is 4.10. The predicted octanol–water partition coefficient (Wildman–Crippen LogP) is 3.06. The van der Waals surface area contributed by atoms with Gasteiger partial charge in [0.1, 0.15) is 11.6 Å². The largest absolute Gasteiger partial charge is 0.507 e. The Hall–Kier alpha value is -1.86. The van der Waals surface area contributed by atoms with E-state index in [1.54, 1.807) is 0 Å². The van der Waals surface area contributed by atoms with E-state index in [0.717, 1.165) is 44.2 Å². The molecule has 5 nitrogen and oxygen atoms in total. The van der Waals surface area contributed by atoms with Gasteiger partial charge < -0.3 is 14.9 Å². The van der Waals surface area contributed by atoms with E-state index in [2.05, 4.69) is 14.8 Å². The molecule has 2 fully saturated rings. The summed E-state index contributed by atoms with van der Waals surface area (Å²) < 4.78 is 13.4. The van der Waals surface area contributed by atoms with Crippen LogP contribution in [0.3, 0.4) is 0 Å². The van der Waals surface area contributed by atoms with Gasteiger partial charge in [-0.05, 0) is 74.8 Å². The maximum absolute atomic E-state index is 13.4. The van der Waals surface area contributed by atoms with Crippen LogP contribution in [0.4, 0.5) is 4.39 Å². The summed E-state index contributed by atoms with van der Waals surface area (Å²) in [4.78, 5) is 21.7. The number of hydrogen-bond donors (Lipinski definition) is 1. The van der Waals surface area contributed by atoms with Crippen LogP contribution in [0.2, 0.25) is 0 Å². The van der Waals surface area contributed by atoms with E-state index in [1.165, 1.54) is 48.9 Å². The van der Waals surface area contributed by atoms with Crippen LogP contribution in [0.25, 0.3) is 6.08 Å². The summed E-state index contributed by atoms with van der Waals surface area (Å²) >= 11 is 1.32. The minimum absolute atomic E-state index is 0.0474. The topological polar surface area (TPSA) is 56.1 Å². The van der Waals surface area contributed by atoms with Gasteiger partial charge in [0.15, 0.2) is 5.17 Å². The van der Waals surface area contributed by atoms with Crippen molar-refractivity contribution in [2.75, 3.05) is 26.2 Å². The molecule has 0 aliphatic carbocycles. The van der Waals surface area contributed by atoms with Crippen LogP contribution in [0.5, 0.6) is 5.75 Å². The van der Waals surface area contributed by atoms with Gasteiger partial charge in [0.25, 0.3) is 5.91 Å². The van der Waals surface area contributed by atoms with Crippen molar-refractivity contribution in [3.8, 4) is 5.75 Å². The molecule has 26 heavy (non-hydrogen) atoms. The summed E-state index contributed by atoms with van der Waals surface area (Å²) in [5.74, 6) is -0.814. The number of hydrogen-bond acceptors (Lipinski definition) is 5.